The topological polar surface area (TPSA) is 47.3 Å². The summed E-state index contributed by atoms with van der Waals surface area (Å²) in [5.41, 5.74) is 5.34. The van der Waals surface area contributed by atoms with Gasteiger partial charge in [0, 0.05) is 13.2 Å². The molecule has 0 amide bonds. The summed E-state index contributed by atoms with van der Waals surface area (Å²) in [6, 6.07) is 8.41. The van der Waals surface area contributed by atoms with Crippen LogP contribution in [-0.4, -0.2) is 13.2 Å². The first-order valence-corrected chi connectivity index (χ1v) is 5.23. The van der Waals surface area contributed by atoms with Gasteiger partial charge in [0.25, 0.3) is 0 Å². The average Bonchev–Trinajstić information content (AvgIpc) is 2.26. The molecular weight excluding hydrogens is 188 g/mol. The summed E-state index contributed by atoms with van der Waals surface area (Å²) in [5, 5.41) is 0. The molecule has 3 N–H and O–H groups in total. The number of nitrogens with one attached hydrogen (secondary N) is 1. The zero-order chi connectivity index (χ0) is 11.3. The summed E-state index contributed by atoms with van der Waals surface area (Å²) in [7, 11) is 1.72. The van der Waals surface area contributed by atoms with Crippen LogP contribution >= 0.6 is 0 Å². The van der Waals surface area contributed by atoms with Gasteiger partial charge in [0.05, 0.1) is 6.10 Å². The molecular formula is C12H20N2O. The summed E-state index contributed by atoms with van der Waals surface area (Å²) >= 11 is 0. The standard InChI is InChI=1S/C12H20N2O/c1-9-6-4-5-7-11(9)12(14-13)8-10(2)15-3/h4-7,10,12,14H,8,13H2,1-3H3. The van der Waals surface area contributed by atoms with Crippen molar-refractivity contribution < 1.29 is 4.74 Å². The van der Waals surface area contributed by atoms with Crippen molar-refractivity contribution in [1.29, 1.82) is 0 Å². The number of hydrazine groups is 1. The molecule has 0 fully saturated rings. The fraction of sp³-hybridized carbons (Fsp3) is 0.500. The zero-order valence-electron chi connectivity index (χ0n) is 9.66. The van der Waals surface area contributed by atoms with E-state index in [0.29, 0.717) is 0 Å². The molecule has 1 aromatic rings. The van der Waals surface area contributed by atoms with Crippen LogP contribution in [0.5, 0.6) is 0 Å². The first kappa shape index (κ1) is 12.2. The fourth-order valence-corrected chi connectivity index (χ4v) is 1.69. The normalized spacial score (nSPS) is 14.9. The fourth-order valence-electron chi connectivity index (χ4n) is 1.69. The van der Waals surface area contributed by atoms with E-state index in [1.54, 1.807) is 7.11 Å². The second-order valence-electron chi connectivity index (χ2n) is 3.86. The SMILES string of the molecule is COC(C)CC(NN)c1ccccc1C. The number of rotatable bonds is 5. The molecule has 0 aliphatic carbocycles. The Morgan fingerprint density at radius 3 is 2.60 bits per heavy atom. The third kappa shape index (κ3) is 3.30. The van der Waals surface area contributed by atoms with Crippen molar-refractivity contribution in [1.82, 2.24) is 5.43 Å². The van der Waals surface area contributed by atoms with Gasteiger partial charge in [-0.1, -0.05) is 24.3 Å². The van der Waals surface area contributed by atoms with Gasteiger partial charge >= 0.3 is 0 Å². The Hall–Kier alpha value is -0.900. The monoisotopic (exact) mass is 208 g/mol. The minimum Gasteiger partial charge on any atom is -0.382 e. The highest BCUT2D eigenvalue weighted by molar-refractivity contribution is 5.28. The van der Waals surface area contributed by atoms with Crippen LogP contribution in [0.3, 0.4) is 0 Å². The Morgan fingerprint density at radius 1 is 1.40 bits per heavy atom. The molecule has 1 rings (SSSR count). The lowest BCUT2D eigenvalue weighted by Gasteiger charge is -2.21. The van der Waals surface area contributed by atoms with Crippen LogP contribution in [0.2, 0.25) is 0 Å². The van der Waals surface area contributed by atoms with Crippen LogP contribution in [0.1, 0.15) is 30.5 Å². The first-order chi connectivity index (χ1) is 7.19. The van der Waals surface area contributed by atoms with Crippen LogP contribution in [-0.2, 0) is 4.74 Å². The van der Waals surface area contributed by atoms with Crippen molar-refractivity contribution in [3.05, 3.63) is 35.4 Å². The Labute approximate surface area is 91.6 Å². The highest BCUT2D eigenvalue weighted by Gasteiger charge is 2.14. The van der Waals surface area contributed by atoms with Crippen LogP contribution in [0, 0.1) is 6.92 Å². The lowest BCUT2D eigenvalue weighted by Crippen LogP contribution is -2.31. The second kappa shape index (κ2) is 5.85. The predicted molar refractivity (Wildman–Crippen MR) is 62.3 cm³/mol. The number of nitrogens with two attached hydrogens (primary N) is 1. The summed E-state index contributed by atoms with van der Waals surface area (Å²) < 4.78 is 5.25. The van der Waals surface area contributed by atoms with Crippen molar-refractivity contribution in [3.8, 4) is 0 Å². The Kier molecular flexibility index (Phi) is 4.75. The number of hydrogen-bond acceptors (Lipinski definition) is 3. The van der Waals surface area contributed by atoms with E-state index in [1.807, 2.05) is 19.1 Å². The van der Waals surface area contributed by atoms with E-state index in [1.165, 1.54) is 11.1 Å². The highest BCUT2D eigenvalue weighted by Crippen LogP contribution is 2.21. The molecule has 15 heavy (non-hydrogen) atoms. The van der Waals surface area contributed by atoms with Gasteiger partial charge in [-0.25, -0.2) is 0 Å². The van der Waals surface area contributed by atoms with Gasteiger partial charge in [0.15, 0.2) is 0 Å². The van der Waals surface area contributed by atoms with Gasteiger partial charge in [-0.2, -0.15) is 0 Å². The minimum atomic E-state index is 0.154. The summed E-state index contributed by atoms with van der Waals surface area (Å²) in [6.07, 6.45) is 1.07. The predicted octanol–water partition coefficient (Wildman–Crippen LogP) is 1.92. The molecule has 1 aromatic carbocycles. The molecule has 3 heteroatoms. The highest BCUT2D eigenvalue weighted by atomic mass is 16.5. The molecule has 0 radical (unpaired) electrons. The third-order valence-corrected chi connectivity index (χ3v) is 2.74. The molecule has 3 nitrogen and oxygen atoms in total. The molecule has 0 heterocycles. The van der Waals surface area contributed by atoms with Crippen LogP contribution in [0.15, 0.2) is 24.3 Å². The van der Waals surface area contributed by atoms with Crippen LogP contribution < -0.4 is 11.3 Å². The second-order valence-corrected chi connectivity index (χ2v) is 3.86. The molecule has 0 aliphatic heterocycles. The summed E-state index contributed by atoms with van der Waals surface area (Å²) in [6.45, 7) is 4.14. The summed E-state index contributed by atoms with van der Waals surface area (Å²) in [5.74, 6) is 5.57. The maximum atomic E-state index is 5.57. The zero-order valence-corrected chi connectivity index (χ0v) is 9.66. The lowest BCUT2D eigenvalue weighted by atomic mass is 9.97. The van der Waals surface area contributed by atoms with E-state index in [9.17, 15) is 0 Å². The van der Waals surface area contributed by atoms with Crippen molar-refractivity contribution >= 4 is 0 Å². The quantitative estimate of drug-likeness (QED) is 0.574. The Balaban J connectivity index is 2.78. The number of ether oxygens (including phenoxy) is 1. The molecule has 2 atom stereocenters. The molecule has 84 valence electrons. The van der Waals surface area contributed by atoms with E-state index in [4.69, 9.17) is 10.6 Å². The van der Waals surface area contributed by atoms with E-state index >= 15 is 0 Å². The van der Waals surface area contributed by atoms with Gasteiger partial charge in [-0.15, -0.1) is 0 Å². The van der Waals surface area contributed by atoms with E-state index in [2.05, 4.69) is 24.5 Å². The van der Waals surface area contributed by atoms with Gasteiger partial charge in [-0.05, 0) is 31.4 Å². The number of hydrogen-bond donors (Lipinski definition) is 2. The van der Waals surface area contributed by atoms with E-state index in [0.717, 1.165) is 6.42 Å². The Bertz CT molecular complexity index is 301. The number of methoxy groups -OCH3 is 1. The van der Waals surface area contributed by atoms with E-state index in [-0.39, 0.29) is 12.1 Å². The molecule has 0 spiro atoms. The van der Waals surface area contributed by atoms with E-state index < -0.39 is 0 Å². The molecule has 2 unspecified atom stereocenters. The third-order valence-electron chi connectivity index (χ3n) is 2.74. The van der Waals surface area contributed by atoms with Gasteiger partial charge in [-0.3, -0.25) is 11.3 Å². The number of aryl methyl sites for hydroxylation is 1. The van der Waals surface area contributed by atoms with Gasteiger partial charge in [0.2, 0.25) is 0 Å². The van der Waals surface area contributed by atoms with Crippen molar-refractivity contribution in [3.63, 3.8) is 0 Å². The van der Waals surface area contributed by atoms with Crippen LogP contribution in [0.4, 0.5) is 0 Å². The van der Waals surface area contributed by atoms with Crippen molar-refractivity contribution in [2.24, 2.45) is 5.84 Å². The summed E-state index contributed by atoms with van der Waals surface area (Å²) in [4.78, 5) is 0. The van der Waals surface area contributed by atoms with Gasteiger partial charge < -0.3 is 4.74 Å². The lowest BCUT2D eigenvalue weighted by molar-refractivity contribution is 0.100. The minimum absolute atomic E-state index is 0.154. The maximum Gasteiger partial charge on any atom is 0.0561 e. The average molecular weight is 208 g/mol. The van der Waals surface area contributed by atoms with Crippen molar-refractivity contribution in [2.75, 3.05) is 7.11 Å². The van der Waals surface area contributed by atoms with Gasteiger partial charge in [0.1, 0.15) is 0 Å². The first-order valence-electron chi connectivity index (χ1n) is 5.23. The molecule has 0 saturated heterocycles. The smallest absolute Gasteiger partial charge is 0.0561 e. The molecule has 0 saturated carbocycles. The Morgan fingerprint density at radius 2 is 2.07 bits per heavy atom. The van der Waals surface area contributed by atoms with Crippen LogP contribution in [0.25, 0.3) is 0 Å². The largest absolute Gasteiger partial charge is 0.382 e. The van der Waals surface area contributed by atoms with Crippen molar-refractivity contribution in [2.45, 2.75) is 32.4 Å². The number of benzene rings is 1. The molecule has 0 aromatic heterocycles. The molecule has 0 bridgehead atoms. The maximum absolute atomic E-state index is 5.57. The molecule has 0 aliphatic rings.